The molecule has 3 rings (SSSR count). The molecule has 2 heterocycles. The van der Waals surface area contributed by atoms with Gasteiger partial charge in [0, 0.05) is 19.0 Å². The van der Waals surface area contributed by atoms with Gasteiger partial charge in [-0.15, -0.1) is 0 Å². The molecule has 1 aliphatic carbocycles. The van der Waals surface area contributed by atoms with Crippen LogP contribution in [-0.4, -0.2) is 40.5 Å². The van der Waals surface area contributed by atoms with Gasteiger partial charge >= 0.3 is 0 Å². The van der Waals surface area contributed by atoms with Crippen molar-refractivity contribution < 1.29 is 9.53 Å². The van der Waals surface area contributed by atoms with Gasteiger partial charge in [0.25, 0.3) is 5.56 Å². The first kappa shape index (κ1) is 15.2. The van der Waals surface area contributed by atoms with Gasteiger partial charge in [-0.2, -0.15) is 0 Å². The second kappa shape index (κ2) is 6.60. The topological polar surface area (TPSA) is 75.3 Å². The van der Waals surface area contributed by atoms with E-state index in [1.165, 1.54) is 31.7 Å². The van der Waals surface area contributed by atoms with Gasteiger partial charge in [0.1, 0.15) is 11.9 Å². The van der Waals surface area contributed by atoms with Crippen LogP contribution in [0.15, 0.2) is 10.9 Å². The van der Waals surface area contributed by atoms with Crippen molar-refractivity contribution in [3.05, 3.63) is 27.9 Å². The number of aryl methyl sites for hydroxylation is 1. The molecule has 1 saturated heterocycles. The summed E-state index contributed by atoms with van der Waals surface area (Å²) in [5.41, 5.74) is 0.431. The molecule has 1 N–H and O–H groups in total. The first-order valence-electron chi connectivity index (χ1n) is 8.09. The lowest BCUT2D eigenvalue weighted by Crippen LogP contribution is -2.43. The summed E-state index contributed by atoms with van der Waals surface area (Å²) in [4.78, 5) is 32.8. The molecule has 0 unspecified atom stereocenters. The van der Waals surface area contributed by atoms with Gasteiger partial charge in [-0.1, -0.05) is 12.8 Å². The molecular formula is C16H23N3O3. The summed E-state index contributed by atoms with van der Waals surface area (Å²) in [6.45, 7) is 3.36. The molecule has 120 valence electrons. The van der Waals surface area contributed by atoms with E-state index in [9.17, 15) is 9.59 Å². The Hall–Kier alpha value is -1.69. The fraction of sp³-hybridized carbons (Fsp3) is 0.688. The zero-order valence-electron chi connectivity index (χ0n) is 13.0. The van der Waals surface area contributed by atoms with E-state index in [2.05, 4.69) is 9.97 Å². The van der Waals surface area contributed by atoms with Gasteiger partial charge < -0.3 is 14.6 Å². The van der Waals surface area contributed by atoms with E-state index in [1.54, 1.807) is 6.92 Å². The minimum Gasteiger partial charge on any atom is -0.368 e. The van der Waals surface area contributed by atoms with Gasteiger partial charge in [0.05, 0.1) is 18.8 Å². The van der Waals surface area contributed by atoms with Crippen molar-refractivity contribution >= 4 is 5.91 Å². The summed E-state index contributed by atoms with van der Waals surface area (Å²) >= 11 is 0. The number of carbonyl (C=O) groups is 1. The van der Waals surface area contributed by atoms with Crippen LogP contribution in [0, 0.1) is 12.8 Å². The van der Waals surface area contributed by atoms with Crippen LogP contribution in [0.4, 0.5) is 0 Å². The summed E-state index contributed by atoms with van der Waals surface area (Å²) in [6.07, 6.45) is 5.19. The van der Waals surface area contributed by atoms with Crippen molar-refractivity contribution in [1.29, 1.82) is 0 Å². The van der Waals surface area contributed by atoms with Gasteiger partial charge in [-0.05, 0) is 25.7 Å². The number of carbonyl (C=O) groups excluding carboxylic acids is 1. The highest BCUT2D eigenvalue weighted by Gasteiger charge is 2.28. The number of aromatic nitrogens is 2. The van der Waals surface area contributed by atoms with Crippen LogP contribution in [0.5, 0.6) is 0 Å². The van der Waals surface area contributed by atoms with Gasteiger partial charge in [-0.25, -0.2) is 4.98 Å². The maximum atomic E-state index is 12.4. The van der Waals surface area contributed by atoms with Crippen LogP contribution >= 0.6 is 0 Å². The fourth-order valence-electron chi connectivity index (χ4n) is 3.41. The molecule has 6 heteroatoms. The molecular weight excluding hydrogens is 282 g/mol. The number of nitrogens with zero attached hydrogens (tertiary/aromatic N) is 2. The summed E-state index contributed by atoms with van der Waals surface area (Å²) in [7, 11) is 0. The molecule has 1 saturated carbocycles. The van der Waals surface area contributed by atoms with Crippen LogP contribution in [0.3, 0.4) is 0 Å². The van der Waals surface area contributed by atoms with E-state index in [4.69, 9.17) is 4.74 Å². The predicted molar refractivity (Wildman–Crippen MR) is 81.4 cm³/mol. The SMILES string of the molecule is Cc1nc([C@H]2CN(C(=O)CC3CCCC3)CCO2)cc(=O)[nH]1. The second-order valence-corrected chi connectivity index (χ2v) is 6.31. The Morgan fingerprint density at radius 1 is 1.45 bits per heavy atom. The lowest BCUT2D eigenvalue weighted by molar-refractivity contribution is -0.140. The Bertz CT molecular complexity index is 593. The summed E-state index contributed by atoms with van der Waals surface area (Å²) < 4.78 is 5.72. The minimum absolute atomic E-state index is 0.180. The van der Waals surface area contributed by atoms with Crippen molar-refractivity contribution in [3.8, 4) is 0 Å². The number of H-pyrrole nitrogens is 1. The molecule has 0 aromatic carbocycles. The number of nitrogens with one attached hydrogen (secondary N) is 1. The smallest absolute Gasteiger partial charge is 0.251 e. The van der Waals surface area contributed by atoms with Crippen molar-refractivity contribution in [2.45, 2.75) is 45.1 Å². The molecule has 2 fully saturated rings. The van der Waals surface area contributed by atoms with Gasteiger partial charge in [0.15, 0.2) is 0 Å². The van der Waals surface area contributed by atoms with Crippen molar-refractivity contribution in [2.75, 3.05) is 19.7 Å². The Balaban J connectivity index is 1.65. The summed E-state index contributed by atoms with van der Waals surface area (Å²) in [5, 5.41) is 0. The highest BCUT2D eigenvalue weighted by molar-refractivity contribution is 5.76. The third kappa shape index (κ3) is 3.55. The van der Waals surface area contributed by atoms with Crippen LogP contribution in [0.2, 0.25) is 0 Å². The number of morpholine rings is 1. The molecule has 1 aromatic rings. The second-order valence-electron chi connectivity index (χ2n) is 6.31. The molecule has 2 aliphatic rings. The molecule has 1 amide bonds. The molecule has 0 radical (unpaired) electrons. The van der Waals surface area contributed by atoms with E-state index >= 15 is 0 Å². The van der Waals surface area contributed by atoms with Crippen molar-refractivity contribution in [3.63, 3.8) is 0 Å². The first-order valence-corrected chi connectivity index (χ1v) is 8.09. The van der Waals surface area contributed by atoms with Crippen LogP contribution < -0.4 is 5.56 Å². The molecule has 0 spiro atoms. The van der Waals surface area contributed by atoms with Crippen LogP contribution in [0.1, 0.15) is 49.7 Å². The van der Waals surface area contributed by atoms with E-state index in [1.807, 2.05) is 4.90 Å². The quantitative estimate of drug-likeness (QED) is 0.919. The van der Waals surface area contributed by atoms with E-state index in [0.717, 1.165) is 0 Å². The average Bonchev–Trinajstić information content (AvgIpc) is 2.99. The number of rotatable bonds is 3. The van der Waals surface area contributed by atoms with Crippen LogP contribution in [0.25, 0.3) is 0 Å². The zero-order valence-corrected chi connectivity index (χ0v) is 13.0. The van der Waals surface area contributed by atoms with Crippen LogP contribution in [-0.2, 0) is 9.53 Å². The third-order valence-corrected chi connectivity index (χ3v) is 4.57. The number of ether oxygens (including phenoxy) is 1. The molecule has 1 atom stereocenters. The molecule has 1 aliphatic heterocycles. The summed E-state index contributed by atoms with van der Waals surface area (Å²) in [5.74, 6) is 1.33. The predicted octanol–water partition coefficient (Wildman–Crippen LogP) is 1.56. The Kier molecular flexibility index (Phi) is 4.57. The van der Waals surface area contributed by atoms with Gasteiger partial charge in [-0.3, -0.25) is 9.59 Å². The number of hydrogen-bond acceptors (Lipinski definition) is 4. The van der Waals surface area contributed by atoms with E-state index in [0.29, 0.717) is 43.6 Å². The zero-order chi connectivity index (χ0) is 15.5. The van der Waals surface area contributed by atoms with Crippen molar-refractivity contribution in [2.24, 2.45) is 5.92 Å². The Labute approximate surface area is 129 Å². The molecule has 0 bridgehead atoms. The number of hydrogen-bond donors (Lipinski definition) is 1. The molecule has 1 aromatic heterocycles. The third-order valence-electron chi connectivity index (χ3n) is 4.57. The summed E-state index contributed by atoms with van der Waals surface area (Å²) in [6, 6.07) is 1.46. The fourth-order valence-corrected chi connectivity index (χ4v) is 3.41. The highest BCUT2D eigenvalue weighted by atomic mass is 16.5. The van der Waals surface area contributed by atoms with Crippen molar-refractivity contribution in [1.82, 2.24) is 14.9 Å². The Morgan fingerprint density at radius 3 is 2.95 bits per heavy atom. The molecule has 6 nitrogen and oxygen atoms in total. The number of aromatic amines is 1. The first-order chi connectivity index (χ1) is 10.6. The van der Waals surface area contributed by atoms with Gasteiger partial charge in [0.2, 0.25) is 5.91 Å². The number of amides is 1. The average molecular weight is 305 g/mol. The molecule has 22 heavy (non-hydrogen) atoms. The van der Waals surface area contributed by atoms with E-state index < -0.39 is 0 Å². The minimum atomic E-state index is -0.303. The monoisotopic (exact) mass is 305 g/mol. The maximum Gasteiger partial charge on any atom is 0.251 e. The lowest BCUT2D eigenvalue weighted by atomic mass is 10.0. The maximum absolute atomic E-state index is 12.4. The standard InChI is InChI=1S/C16H23N3O3/c1-11-17-13(9-15(20)18-11)14-10-19(6-7-22-14)16(21)8-12-4-2-3-5-12/h9,12,14H,2-8,10H2,1H3,(H,17,18,20)/t14-/m1/s1. The normalized spacial score (nSPS) is 23.0. The lowest BCUT2D eigenvalue weighted by Gasteiger charge is -2.33. The largest absolute Gasteiger partial charge is 0.368 e. The Morgan fingerprint density at radius 2 is 2.23 bits per heavy atom. The highest BCUT2D eigenvalue weighted by Crippen LogP contribution is 2.29. The van der Waals surface area contributed by atoms with E-state index in [-0.39, 0.29) is 17.6 Å².